The van der Waals surface area contributed by atoms with Gasteiger partial charge >= 0.3 is 5.69 Å². The molecule has 0 aliphatic carbocycles. The normalized spacial score (nSPS) is 10.7. The Morgan fingerprint density at radius 3 is 2.61 bits per heavy atom. The molecule has 0 saturated heterocycles. The monoisotopic (exact) mass is 329 g/mol. The van der Waals surface area contributed by atoms with Gasteiger partial charge in [0, 0.05) is 5.02 Å². The number of hydrogen-bond acceptors (Lipinski definition) is 3. The van der Waals surface area contributed by atoms with Gasteiger partial charge in [0.05, 0.1) is 5.69 Å². The fourth-order valence-electron chi connectivity index (χ4n) is 2.24. The van der Waals surface area contributed by atoms with Crippen molar-refractivity contribution >= 4 is 11.6 Å². The van der Waals surface area contributed by atoms with E-state index in [-0.39, 0.29) is 12.3 Å². The summed E-state index contributed by atoms with van der Waals surface area (Å²) in [5, 5.41) is 7.20. The Balaban J connectivity index is 1.85. The Hall–Kier alpha value is -2.53. The van der Waals surface area contributed by atoms with Crippen molar-refractivity contribution in [1.82, 2.24) is 14.8 Å². The molecule has 118 valence electrons. The summed E-state index contributed by atoms with van der Waals surface area (Å²) in [4.78, 5) is 12.0. The number of benzene rings is 2. The summed E-state index contributed by atoms with van der Waals surface area (Å²) in [7, 11) is 0. The standard InChI is InChI=1S/C17H16ClN3O2/c1-11-3-5-13(6-4-11)21-16(19-20-17(21)22)10-23-14-7-8-15(18)12(2)9-14/h3-9H,10H2,1-2H3,(H,20,22). The van der Waals surface area contributed by atoms with Crippen molar-refractivity contribution in [1.29, 1.82) is 0 Å². The highest BCUT2D eigenvalue weighted by atomic mass is 35.5. The van der Waals surface area contributed by atoms with Gasteiger partial charge in [0.15, 0.2) is 5.82 Å². The molecule has 0 bridgehead atoms. The van der Waals surface area contributed by atoms with Crippen LogP contribution in [-0.4, -0.2) is 14.8 Å². The molecule has 6 heteroatoms. The van der Waals surface area contributed by atoms with E-state index in [2.05, 4.69) is 10.2 Å². The molecule has 23 heavy (non-hydrogen) atoms. The first-order valence-corrected chi connectivity index (χ1v) is 7.54. The van der Waals surface area contributed by atoms with Crippen LogP contribution in [0.25, 0.3) is 5.69 Å². The van der Waals surface area contributed by atoms with Gasteiger partial charge in [0.1, 0.15) is 12.4 Å². The van der Waals surface area contributed by atoms with E-state index in [0.717, 1.165) is 16.8 Å². The molecule has 0 spiro atoms. The zero-order chi connectivity index (χ0) is 16.4. The van der Waals surface area contributed by atoms with E-state index in [4.69, 9.17) is 16.3 Å². The highest BCUT2D eigenvalue weighted by molar-refractivity contribution is 6.31. The molecule has 0 atom stereocenters. The van der Waals surface area contributed by atoms with Crippen molar-refractivity contribution < 1.29 is 4.74 Å². The van der Waals surface area contributed by atoms with Crippen LogP contribution in [-0.2, 0) is 6.61 Å². The summed E-state index contributed by atoms with van der Waals surface area (Å²) < 4.78 is 7.23. The number of aromatic nitrogens is 3. The van der Waals surface area contributed by atoms with Gasteiger partial charge in [-0.15, -0.1) is 0 Å². The molecule has 1 aromatic heterocycles. The molecule has 0 unspecified atom stereocenters. The Morgan fingerprint density at radius 1 is 1.17 bits per heavy atom. The average molecular weight is 330 g/mol. The second-order valence-corrected chi connectivity index (χ2v) is 5.72. The van der Waals surface area contributed by atoms with Crippen molar-refractivity contribution in [3.63, 3.8) is 0 Å². The van der Waals surface area contributed by atoms with E-state index in [1.807, 2.05) is 44.2 Å². The van der Waals surface area contributed by atoms with Crippen molar-refractivity contribution in [2.75, 3.05) is 0 Å². The lowest BCUT2D eigenvalue weighted by atomic mass is 10.2. The maximum atomic E-state index is 12.0. The highest BCUT2D eigenvalue weighted by Crippen LogP contribution is 2.21. The number of halogens is 1. The van der Waals surface area contributed by atoms with E-state index in [9.17, 15) is 4.79 Å². The lowest BCUT2D eigenvalue weighted by Gasteiger charge is -2.09. The zero-order valence-corrected chi connectivity index (χ0v) is 13.6. The first kappa shape index (κ1) is 15.4. The SMILES string of the molecule is Cc1ccc(-n2c(COc3ccc(Cl)c(C)c3)n[nH]c2=O)cc1. The van der Waals surface area contributed by atoms with Gasteiger partial charge in [0.25, 0.3) is 0 Å². The number of rotatable bonds is 4. The highest BCUT2D eigenvalue weighted by Gasteiger charge is 2.11. The van der Waals surface area contributed by atoms with E-state index in [1.54, 1.807) is 12.1 Å². The molecule has 3 aromatic rings. The quantitative estimate of drug-likeness (QED) is 0.798. The molecular weight excluding hydrogens is 314 g/mol. The number of nitrogens with zero attached hydrogens (tertiary/aromatic N) is 2. The molecule has 0 fully saturated rings. The summed E-state index contributed by atoms with van der Waals surface area (Å²) in [6, 6.07) is 13.1. The van der Waals surface area contributed by atoms with Gasteiger partial charge in [-0.05, 0) is 49.7 Å². The fourth-order valence-corrected chi connectivity index (χ4v) is 2.36. The molecule has 3 rings (SSSR count). The van der Waals surface area contributed by atoms with Crippen LogP contribution in [0.1, 0.15) is 17.0 Å². The molecule has 5 nitrogen and oxygen atoms in total. The molecular formula is C17H16ClN3O2. The van der Waals surface area contributed by atoms with Crippen molar-refractivity contribution in [2.24, 2.45) is 0 Å². The molecule has 0 amide bonds. The van der Waals surface area contributed by atoms with Crippen LogP contribution in [0.4, 0.5) is 0 Å². The smallest absolute Gasteiger partial charge is 0.348 e. The lowest BCUT2D eigenvalue weighted by Crippen LogP contribution is -2.17. The fraction of sp³-hybridized carbons (Fsp3) is 0.176. The van der Waals surface area contributed by atoms with Crippen LogP contribution >= 0.6 is 11.6 Å². The van der Waals surface area contributed by atoms with Gasteiger partial charge in [-0.25, -0.2) is 14.5 Å². The molecule has 0 saturated carbocycles. The van der Waals surface area contributed by atoms with Crippen LogP contribution in [0.3, 0.4) is 0 Å². The molecule has 0 radical (unpaired) electrons. The molecule has 0 aliphatic rings. The number of aryl methyl sites for hydroxylation is 2. The Kier molecular flexibility index (Phi) is 4.21. The van der Waals surface area contributed by atoms with Gasteiger partial charge in [-0.2, -0.15) is 5.10 Å². The maximum absolute atomic E-state index is 12.0. The summed E-state index contributed by atoms with van der Waals surface area (Å²) in [6.45, 7) is 4.08. The van der Waals surface area contributed by atoms with Gasteiger partial charge < -0.3 is 4.74 Å². The van der Waals surface area contributed by atoms with E-state index in [1.165, 1.54) is 4.57 Å². The lowest BCUT2D eigenvalue weighted by molar-refractivity contribution is 0.293. The Morgan fingerprint density at radius 2 is 1.91 bits per heavy atom. The van der Waals surface area contributed by atoms with E-state index in [0.29, 0.717) is 16.6 Å². The van der Waals surface area contributed by atoms with Gasteiger partial charge in [-0.3, -0.25) is 0 Å². The van der Waals surface area contributed by atoms with Crippen LogP contribution in [0.5, 0.6) is 5.75 Å². The minimum absolute atomic E-state index is 0.174. The van der Waals surface area contributed by atoms with Crippen LogP contribution in [0.15, 0.2) is 47.3 Å². The van der Waals surface area contributed by atoms with E-state index >= 15 is 0 Å². The predicted molar refractivity (Wildman–Crippen MR) is 89.4 cm³/mol. The van der Waals surface area contributed by atoms with E-state index < -0.39 is 0 Å². The number of ether oxygens (including phenoxy) is 1. The maximum Gasteiger partial charge on any atom is 0.348 e. The van der Waals surface area contributed by atoms with Crippen molar-refractivity contribution in [2.45, 2.75) is 20.5 Å². The zero-order valence-electron chi connectivity index (χ0n) is 12.8. The average Bonchev–Trinajstić information content (AvgIpc) is 2.90. The minimum atomic E-state index is -0.292. The van der Waals surface area contributed by atoms with Gasteiger partial charge in [0.2, 0.25) is 0 Å². The van der Waals surface area contributed by atoms with Crippen molar-refractivity contribution in [3.05, 3.63) is 74.9 Å². The third-order valence-electron chi connectivity index (χ3n) is 3.53. The predicted octanol–water partition coefficient (Wildman–Crippen LogP) is 3.41. The summed E-state index contributed by atoms with van der Waals surface area (Å²) >= 11 is 6.00. The number of hydrogen-bond donors (Lipinski definition) is 1. The topological polar surface area (TPSA) is 59.9 Å². The second-order valence-electron chi connectivity index (χ2n) is 5.32. The summed E-state index contributed by atoms with van der Waals surface area (Å²) in [6.07, 6.45) is 0. The first-order valence-electron chi connectivity index (χ1n) is 7.17. The summed E-state index contributed by atoms with van der Waals surface area (Å²) in [5.74, 6) is 1.18. The number of H-pyrrole nitrogens is 1. The van der Waals surface area contributed by atoms with Crippen LogP contribution < -0.4 is 10.4 Å². The largest absolute Gasteiger partial charge is 0.486 e. The third kappa shape index (κ3) is 3.29. The minimum Gasteiger partial charge on any atom is -0.486 e. The third-order valence-corrected chi connectivity index (χ3v) is 3.96. The summed E-state index contributed by atoms with van der Waals surface area (Å²) in [5.41, 5.74) is 2.52. The number of aromatic amines is 1. The molecule has 2 aromatic carbocycles. The first-order chi connectivity index (χ1) is 11.0. The molecule has 1 heterocycles. The Bertz CT molecular complexity index is 882. The van der Waals surface area contributed by atoms with Crippen LogP contribution in [0, 0.1) is 13.8 Å². The van der Waals surface area contributed by atoms with Crippen LogP contribution in [0.2, 0.25) is 5.02 Å². The Labute approximate surface area is 138 Å². The van der Waals surface area contributed by atoms with Crippen molar-refractivity contribution in [3.8, 4) is 11.4 Å². The number of nitrogens with one attached hydrogen (secondary N) is 1. The second kappa shape index (κ2) is 6.30. The molecule has 0 aliphatic heterocycles. The molecule has 1 N–H and O–H groups in total. The van der Waals surface area contributed by atoms with Gasteiger partial charge in [-0.1, -0.05) is 29.3 Å².